The normalized spacial score (nSPS) is 12.6. The highest BCUT2D eigenvalue weighted by atomic mass is 35.5. The van der Waals surface area contributed by atoms with Gasteiger partial charge in [-0.3, -0.25) is 10.2 Å². The molecule has 0 saturated carbocycles. The topological polar surface area (TPSA) is 112 Å². The van der Waals surface area contributed by atoms with Crippen LogP contribution in [0.4, 0.5) is 4.79 Å². The molecule has 3 rings (SSSR count). The van der Waals surface area contributed by atoms with Crippen molar-refractivity contribution in [1.29, 1.82) is 0 Å². The quantitative estimate of drug-likeness (QED) is 0.271. The van der Waals surface area contributed by atoms with E-state index in [0.29, 0.717) is 24.3 Å². The number of para-hydroxylation sites is 1. The number of urea groups is 1. The first kappa shape index (κ1) is 25.1. The molecule has 1 atom stereocenters. The highest BCUT2D eigenvalue weighted by molar-refractivity contribution is 6.30. The van der Waals surface area contributed by atoms with Gasteiger partial charge in [-0.25, -0.2) is 15.0 Å². The number of ether oxygens (including phenoxy) is 1. The summed E-state index contributed by atoms with van der Waals surface area (Å²) in [6.07, 6.45) is 3.40. The molecule has 3 aromatic rings. The number of carbonyl (C=O) groups excluding carboxylic acids is 3. The number of esters is 1. The number of nitrogens with one attached hydrogen (secondary N) is 4. The molecule has 1 heterocycles. The van der Waals surface area contributed by atoms with Gasteiger partial charge < -0.3 is 15.0 Å². The van der Waals surface area contributed by atoms with Gasteiger partial charge >= 0.3 is 12.0 Å². The number of aryl methyl sites for hydroxylation is 2. The third kappa shape index (κ3) is 6.74. The number of H-pyrrole nitrogens is 1. The number of rotatable bonds is 9. The Labute approximate surface area is 203 Å². The Morgan fingerprint density at radius 3 is 2.50 bits per heavy atom. The summed E-state index contributed by atoms with van der Waals surface area (Å²) in [5.74, 6) is -0.899. The van der Waals surface area contributed by atoms with Crippen molar-refractivity contribution in [2.75, 3.05) is 6.61 Å². The first-order valence-electron chi connectivity index (χ1n) is 11.1. The second kappa shape index (κ2) is 11.6. The largest absolute Gasteiger partial charge is 0.464 e. The van der Waals surface area contributed by atoms with Gasteiger partial charge in [-0.2, -0.15) is 0 Å². The number of fused-ring (bicyclic) bond motifs is 1. The highest BCUT2D eigenvalue weighted by Gasteiger charge is 2.36. The molecule has 0 fully saturated rings. The van der Waals surface area contributed by atoms with Gasteiger partial charge in [0.05, 0.1) is 6.61 Å². The number of halogens is 1. The monoisotopic (exact) mass is 484 g/mol. The maximum atomic E-state index is 12.6. The summed E-state index contributed by atoms with van der Waals surface area (Å²) in [7, 11) is 0. The van der Waals surface area contributed by atoms with E-state index in [4.69, 9.17) is 16.3 Å². The van der Waals surface area contributed by atoms with Gasteiger partial charge in [0.2, 0.25) is 5.91 Å². The van der Waals surface area contributed by atoms with Crippen molar-refractivity contribution in [3.05, 3.63) is 70.9 Å². The molecule has 0 spiro atoms. The van der Waals surface area contributed by atoms with E-state index in [1.165, 1.54) is 0 Å². The lowest BCUT2D eigenvalue weighted by molar-refractivity contribution is -0.150. The summed E-state index contributed by atoms with van der Waals surface area (Å²) in [5.41, 5.74) is 6.42. The molecule has 0 saturated heterocycles. The lowest BCUT2D eigenvalue weighted by Gasteiger charge is -2.28. The van der Waals surface area contributed by atoms with E-state index in [0.717, 1.165) is 22.0 Å². The molecule has 4 N–H and O–H groups in total. The number of hydrogen-bond acceptors (Lipinski definition) is 4. The fourth-order valence-electron chi connectivity index (χ4n) is 3.61. The van der Waals surface area contributed by atoms with Crippen LogP contribution in [0.15, 0.2) is 54.7 Å². The predicted molar refractivity (Wildman–Crippen MR) is 131 cm³/mol. The first-order valence-corrected chi connectivity index (χ1v) is 11.5. The number of benzene rings is 2. The second-order valence-corrected chi connectivity index (χ2v) is 8.60. The first-order chi connectivity index (χ1) is 16.3. The average molecular weight is 485 g/mol. The molecule has 180 valence electrons. The molecule has 1 aromatic heterocycles. The summed E-state index contributed by atoms with van der Waals surface area (Å²) in [6, 6.07) is 14.4. The molecule has 0 aliphatic rings. The standard InChI is InChI=1S/C25H29ClN4O4/c1-3-34-23(32)25(2,15-14-17-8-11-19(26)12-9-17)28-24(33)30-29-22(31)13-10-18-16-27-21-7-5-4-6-20(18)21/h4-9,11-12,16,27H,3,10,13-15H2,1-2H3,(H,29,31)(H2,28,30,33). The fraction of sp³-hybridized carbons (Fsp3) is 0.320. The van der Waals surface area contributed by atoms with Crippen LogP contribution < -0.4 is 16.2 Å². The molecular weight excluding hydrogens is 456 g/mol. The third-order valence-electron chi connectivity index (χ3n) is 5.55. The zero-order valence-corrected chi connectivity index (χ0v) is 20.0. The molecule has 0 radical (unpaired) electrons. The highest BCUT2D eigenvalue weighted by Crippen LogP contribution is 2.19. The maximum Gasteiger partial charge on any atom is 0.334 e. The van der Waals surface area contributed by atoms with Crippen molar-refractivity contribution in [3.63, 3.8) is 0 Å². The Kier molecular flexibility index (Phi) is 8.54. The van der Waals surface area contributed by atoms with Crippen molar-refractivity contribution in [3.8, 4) is 0 Å². The smallest absolute Gasteiger partial charge is 0.334 e. The van der Waals surface area contributed by atoms with Crippen LogP contribution >= 0.6 is 11.6 Å². The van der Waals surface area contributed by atoms with Crippen LogP contribution in [0.1, 0.15) is 37.8 Å². The maximum absolute atomic E-state index is 12.6. The average Bonchev–Trinajstić information content (AvgIpc) is 3.24. The predicted octanol–water partition coefficient (Wildman–Crippen LogP) is 4.04. The summed E-state index contributed by atoms with van der Waals surface area (Å²) >= 11 is 5.92. The van der Waals surface area contributed by atoms with E-state index < -0.39 is 17.5 Å². The minimum Gasteiger partial charge on any atom is -0.464 e. The SMILES string of the molecule is CCOC(=O)C(C)(CCc1ccc(Cl)cc1)NC(=O)NNC(=O)CCc1c[nH]c2ccccc12. The third-order valence-corrected chi connectivity index (χ3v) is 5.81. The summed E-state index contributed by atoms with van der Waals surface area (Å²) in [6.45, 7) is 3.48. The zero-order chi connectivity index (χ0) is 24.6. The van der Waals surface area contributed by atoms with Gasteiger partial charge in [-0.1, -0.05) is 41.9 Å². The minimum absolute atomic E-state index is 0.184. The molecule has 0 bridgehead atoms. The molecule has 3 amide bonds. The van der Waals surface area contributed by atoms with E-state index in [9.17, 15) is 14.4 Å². The zero-order valence-electron chi connectivity index (χ0n) is 19.2. The Hall–Kier alpha value is -3.52. The molecule has 2 aromatic carbocycles. The van der Waals surface area contributed by atoms with Gasteiger partial charge in [-0.15, -0.1) is 0 Å². The van der Waals surface area contributed by atoms with Crippen LogP contribution in [0.3, 0.4) is 0 Å². The van der Waals surface area contributed by atoms with Crippen LogP contribution in [0.25, 0.3) is 10.9 Å². The number of aromatic amines is 1. The molecule has 34 heavy (non-hydrogen) atoms. The van der Waals surface area contributed by atoms with E-state index >= 15 is 0 Å². The Balaban J connectivity index is 1.51. The number of aromatic nitrogens is 1. The molecule has 9 heteroatoms. The van der Waals surface area contributed by atoms with Crippen LogP contribution in [0.2, 0.25) is 5.02 Å². The number of hydrazine groups is 1. The minimum atomic E-state index is -1.28. The van der Waals surface area contributed by atoms with E-state index in [1.54, 1.807) is 26.0 Å². The van der Waals surface area contributed by atoms with Gasteiger partial charge in [0.25, 0.3) is 0 Å². The van der Waals surface area contributed by atoms with Crippen molar-refractivity contribution in [2.45, 2.75) is 45.1 Å². The Morgan fingerprint density at radius 2 is 1.76 bits per heavy atom. The van der Waals surface area contributed by atoms with Crippen molar-refractivity contribution in [2.24, 2.45) is 0 Å². The van der Waals surface area contributed by atoms with Gasteiger partial charge in [0.15, 0.2) is 0 Å². The molecule has 0 aliphatic heterocycles. The second-order valence-electron chi connectivity index (χ2n) is 8.17. The number of hydrogen-bond donors (Lipinski definition) is 4. The van der Waals surface area contributed by atoms with Crippen LogP contribution in [0.5, 0.6) is 0 Å². The van der Waals surface area contributed by atoms with Gasteiger partial charge in [0.1, 0.15) is 5.54 Å². The molecule has 8 nitrogen and oxygen atoms in total. The fourth-order valence-corrected chi connectivity index (χ4v) is 3.73. The summed E-state index contributed by atoms with van der Waals surface area (Å²) in [5, 5.41) is 4.32. The van der Waals surface area contributed by atoms with E-state index in [1.807, 2.05) is 42.6 Å². The van der Waals surface area contributed by atoms with Crippen molar-refractivity contribution >= 4 is 40.4 Å². The molecule has 0 aliphatic carbocycles. The van der Waals surface area contributed by atoms with Crippen LogP contribution in [0, 0.1) is 0 Å². The number of carbonyl (C=O) groups is 3. The van der Waals surface area contributed by atoms with E-state index in [2.05, 4.69) is 21.2 Å². The lowest BCUT2D eigenvalue weighted by Crippen LogP contribution is -2.58. The van der Waals surface area contributed by atoms with Gasteiger partial charge in [-0.05, 0) is 62.4 Å². The van der Waals surface area contributed by atoms with Gasteiger partial charge in [0, 0.05) is 28.5 Å². The Bertz CT molecular complexity index is 1150. The van der Waals surface area contributed by atoms with Crippen LogP contribution in [-0.2, 0) is 27.2 Å². The molecule has 1 unspecified atom stereocenters. The number of amides is 3. The van der Waals surface area contributed by atoms with Crippen molar-refractivity contribution in [1.82, 2.24) is 21.2 Å². The lowest BCUT2D eigenvalue weighted by atomic mass is 9.93. The molecular formula is C25H29ClN4O4. The summed E-state index contributed by atoms with van der Waals surface area (Å²) < 4.78 is 5.16. The van der Waals surface area contributed by atoms with Crippen LogP contribution in [-0.4, -0.2) is 35.0 Å². The Morgan fingerprint density at radius 1 is 1.03 bits per heavy atom. The van der Waals surface area contributed by atoms with E-state index in [-0.39, 0.29) is 18.9 Å². The summed E-state index contributed by atoms with van der Waals surface area (Å²) in [4.78, 5) is 40.5. The van der Waals surface area contributed by atoms with Crippen molar-refractivity contribution < 1.29 is 19.1 Å².